The second kappa shape index (κ2) is 5.50. The molecule has 0 amide bonds. The summed E-state index contributed by atoms with van der Waals surface area (Å²) < 4.78 is 53.4. The van der Waals surface area contributed by atoms with Gasteiger partial charge in [0.2, 0.25) is 0 Å². The monoisotopic (exact) mass is 332 g/mol. The van der Waals surface area contributed by atoms with Crippen molar-refractivity contribution >= 4 is 33.0 Å². The molecular weight excluding hydrogens is 322 g/mol. The highest BCUT2D eigenvalue weighted by Crippen LogP contribution is 2.25. The largest absolute Gasteiger partial charge is 0.396 e. The quantitative estimate of drug-likeness (QED) is 0.847. The van der Waals surface area contributed by atoms with Gasteiger partial charge >= 0.3 is 0 Å². The van der Waals surface area contributed by atoms with Crippen molar-refractivity contribution in [2.24, 2.45) is 0 Å². The summed E-state index contributed by atoms with van der Waals surface area (Å²) in [6, 6.07) is 5.59. The van der Waals surface area contributed by atoms with E-state index < -0.39 is 21.7 Å². The van der Waals surface area contributed by atoms with Crippen LogP contribution in [0.5, 0.6) is 0 Å². The number of benzene rings is 2. The molecule has 0 aliphatic carbocycles. The van der Waals surface area contributed by atoms with Crippen LogP contribution >= 0.6 is 11.6 Å². The normalized spacial score (nSPS) is 11.4. The van der Waals surface area contributed by atoms with Crippen molar-refractivity contribution in [2.75, 3.05) is 10.5 Å². The molecule has 21 heavy (non-hydrogen) atoms. The van der Waals surface area contributed by atoms with Gasteiger partial charge in [-0.15, -0.1) is 0 Å². The second-order valence-corrected chi connectivity index (χ2v) is 6.49. The zero-order valence-electron chi connectivity index (χ0n) is 10.8. The maximum atomic E-state index is 13.6. The summed E-state index contributed by atoms with van der Waals surface area (Å²) in [5, 5.41) is 0.136. The zero-order chi connectivity index (χ0) is 15.8. The Bertz CT molecular complexity index is 787. The van der Waals surface area contributed by atoms with Crippen molar-refractivity contribution in [3.05, 3.63) is 52.6 Å². The van der Waals surface area contributed by atoms with Gasteiger partial charge in [-0.3, -0.25) is 4.72 Å². The summed E-state index contributed by atoms with van der Waals surface area (Å²) in [6.07, 6.45) is 0. The number of nitrogen functional groups attached to an aromatic ring is 1. The molecule has 0 heterocycles. The van der Waals surface area contributed by atoms with Gasteiger partial charge in [0.15, 0.2) is 0 Å². The van der Waals surface area contributed by atoms with Crippen molar-refractivity contribution in [3.63, 3.8) is 0 Å². The van der Waals surface area contributed by atoms with Crippen LogP contribution in [0.1, 0.15) is 5.56 Å². The number of sulfonamides is 1. The molecule has 0 fully saturated rings. The van der Waals surface area contributed by atoms with E-state index in [1.165, 1.54) is 19.1 Å². The van der Waals surface area contributed by atoms with Crippen molar-refractivity contribution in [2.45, 2.75) is 11.8 Å². The molecule has 0 aliphatic rings. The van der Waals surface area contributed by atoms with E-state index in [-0.39, 0.29) is 26.9 Å². The van der Waals surface area contributed by atoms with Gasteiger partial charge in [-0.1, -0.05) is 11.6 Å². The molecule has 0 atom stereocenters. The van der Waals surface area contributed by atoms with Gasteiger partial charge in [0, 0.05) is 5.02 Å². The van der Waals surface area contributed by atoms with Crippen LogP contribution in [-0.4, -0.2) is 8.42 Å². The van der Waals surface area contributed by atoms with Crippen LogP contribution in [0.3, 0.4) is 0 Å². The molecule has 0 unspecified atom stereocenters. The summed E-state index contributed by atoms with van der Waals surface area (Å²) in [5.41, 5.74) is 4.92. The number of hydrogen-bond acceptors (Lipinski definition) is 3. The van der Waals surface area contributed by atoms with Crippen molar-refractivity contribution in [1.29, 1.82) is 0 Å². The van der Waals surface area contributed by atoms with Crippen LogP contribution in [-0.2, 0) is 10.0 Å². The third-order valence-corrected chi connectivity index (χ3v) is 4.32. The minimum absolute atomic E-state index is 0.0759. The summed E-state index contributed by atoms with van der Waals surface area (Å²) in [5.74, 6) is -1.51. The highest BCUT2D eigenvalue weighted by Gasteiger charge is 2.19. The Morgan fingerprint density at radius 3 is 2.43 bits per heavy atom. The number of nitrogens with one attached hydrogen (secondary N) is 1. The maximum Gasteiger partial charge on any atom is 0.262 e. The molecule has 0 spiro atoms. The first-order chi connectivity index (χ1) is 9.70. The Balaban J connectivity index is 2.43. The van der Waals surface area contributed by atoms with Crippen molar-refractivity contribution in [1.82, 2.24) is 0 Å². The molecule has 3 N–H and O–H groups in total. The molecule has 0 saturated carbocycles. The predicted molar refractivity (Wildman–Crippen MR) is 77.8 cm³/mol. The first kappa shape index (κ1) is 15.5. The summed E-state index contributed by atoms with van der Waals surface area (Å²) >= 11 is 5.59. The lowest BCUT2D eigenvalue weighted by atomic mass is 10.2. The van der Waals surface area contributed by atoms with Gasteiger partial charge in [0.1, 0.15) is 11.6 Å². The van der Waals surface area contributed by atoms with Crippen LogP contribution in [0.15, 0.2) is 35.2 Å². The van der Waals surface area contributed by atoms with E-state index in [9.17, 15) is 17.2 Å². The van der Waals surface area contributed by atoms with E-state index in [1.807, 2.05) is 0 Å². The average Bonchev–Trinajstić information content (AvgIpc) is 2.38. The van der Waals surface area contributed by atoms with Gasteiger partial charge < -0.3 is 5.73 Å². The minimum atomic E-state index is -4.09. The zero-order valence-corrected chi connectivity index (χ0v) is 12.4. The third-order valence-electron chi connectivity index (χ3n) is 2.74. The highest BCUT2D eigenvalue weighted by molar-refractivity contribution is 7.92. The summed E-state index contributed by atoms with van der Waals surface area (Å²) in [4.78, 5) is -0.256. The van der Waals surface area contributed by atoms with Crippen molar-refractivity contribution in [3.8, 4) is 0 Å². The van der Waals surface area contributed by atoms with E-state index in [2.05, 4.69) is 4.72 Å². The fraction of sp³-hybridized carbons (Fsp3) is 0.0769. The van der Waals surface area contributed by atoms with E-state index in [4.69, 9.17) is 17.3 Å². The molecule has 8 heteroatoms. The van der Waals surface area contributed by atoms with Crippen LogP contribution in [0.25, 0.3) is 0 Å². The SMILES string of the molecule is Cc1cc(S(=O)(=O)Nc2ccc(Cl)cc2F)cc(N)c1F. The van der Waals surface area contributed by atoms with Gasteiger partial charge in [-0.25, -0.2) is 17.2 Å². The highest BCUT2D eigenvalue weighted by atomic mass is 35.5. The van der Waals surface area contributed by atoms with Crippen LogP contribution < -0.4 is 10.5 Å². The standard InChI is InChI=1S/C13H11ClF2N2O2S/c1-7-4-9(6-11(17)13(7)16)21(19,20)18-12-3-2-8(14)5-10(12)15/h2-6,18H,17H2,1H3. The molecule has 112 valence electrons. The molecular formula is C13H11ClF2N2O2S. The molecule has 2 aromatic rings. The molecule has 0 saturated heterocycles. The van der Waals surface area contributed by atoms with Crippen LogP contribution in [0.4, 0.5) is 20.2 Å². The van der Waals surface area contributed by atoms with E-state index in [1.54, 1.807) is 0 Å². The van der Waals surface area contributed by atoms with Gasteiger partial charge in [-0.05, 0) is 42.8 Å². The topological polar surface area (TPSA) is 72.2 Å². The second-order valence-electron chi connectivity index (χ2n) is 4.37. The summed E-state index contributed by atoms with van der Waals surface area (Å²) in [7, 11) is -4.09. The fourth-order valence-corrected chi connectivity index (χ4v) is 3.04. The van der Waals surface area contributed by atoms with Gasteiger partial charge in [0.05, 0.1) is 16.3 Å². The number of anilines is 2. The Morgan fingerprint density at radius 1 is 1.19 bits per heavy atom. The lowest BCUT2D eigenvalue weighted by molar-refractivity contribution is 0.596. The number of halogens is 3. The molecule has 0 bridgehead atoms. The number of aryl methyl sites for hydroxylation is 1. The minimum Gasteiger partial charge on any atom is -0.396 e. The molecule has 2 rings (SSSR count). The first-order valence-electron chi connectivity index (χ1n) is 5.74. The molecule has 0 aromatic heterocycles. The van der Waals surface area contributed by atoms with E-state index in [0.29, 0.717) is 0 Å². The Hall–Kier alpha value is -1.86. The van der Waals surface area contributed by atoms with Gasteiger partial charge in [0.25, 0.3) is 10.0 Å². The van der Waals surface area contributed by atoms with Crippen molar-refractivity contribution < 1.29 is 17.2 Å². The average molecular weight is 333 g/mol. The first-order valence-corrected chi connectivity index (χ1v) is 7.60. The lowest BCUT2D eigenvalue weighted by Gasteiger charge is -2.11. The lowest BCUT2D eigenvalue weighted by Crippen LogP contribution is -2.15. The molecule has 0 aliphatic heterocycles. The fourth-order valence-electron chi connectivity index (χ4n) is 1.69. The van der Waals surface area contributed by atoms with Crippen LogP contribution in [0.2, 0.25) is 5.02 Å². The number of hydrogen-bond donors (Lipinski definition) is 2. The Labute approximate surface area is 125 Å². The van der Waals surface area contributed by atoms with Gasteiger partial charge in [-0.2, -0.15) is 0 Å². The Kier molecular flexibility index (Phi) is 4.06. The Morgan fingerprint density at radius 2 is 1.86 bits per heavy atom. The number of nitrogens with two attached hydrogens (primary N) is 1. The maximum absolute atomic E-state index is 13.6. The van der Waals surface area contributed by atoms with E-state index >= 15 is 0 Å². The molecule has 0 radical (unpaired) electrons. The third kappa shape index (κ3) is 3.25. The van der Waals surface area contributed by atoms with E-state index in [0.717, 1.165) is 18.2 Å². The summed E-state index contributed by atoms with van der Waals surface area (Å²) in [6.45, 7) is 1.38. The van der Waals surface area contributed by atoms with Crippen LogP contribution in [0, 0.1) is 18.6 Å². The predicted octanol–water partition coefficient (Wildman–Crippen LogP) is 3.31. The smallest absolute Gasteiger partial charge is 0.262 e. The number of rotatable bonds is 3. The molecule has 4 nitrogen and oxygen atoms in total. The molecule has 2 aromatic carbocycles.